The molecular formula is C19H29N5O. The van der Waals surface area contributed by atoms with Crippen molar-refractivity contribution in [2.24, 2.45) is 5.92 Å². The highest BCUT2D eigenvalue weighted by Crippen LogP contribution is 2.16. The normalized spacial score (nSPS) is 17.9. The van der Waals surface area contributed by atoms with Crippen molar-refractivity contribution in [1.82, 2.24) is 25.1 Å². The fourth-order valence-electron chi connectivity index (χ4n) is 3.66. The van der Waals surface area contributed by atoms with Crippen LogP contribution in [0.2, 0.25) is 0 Å². The van der Waals surface area contributed by atoms with Gasteiger partial charge in [0.15, 0.2) is 0 Å². The maximum Gasteiger partial charge on any atom is 0.314 e. The zero-order chi connectivity index (χ0) is 17.6. The number of hydrogen-bond acceptors (Lipinski definition) is 3. The van der Waals surface area contributed by atoms with Gasteiger partial charge in [0, 0.05) is 26.2 Å². The van der Waals surface area contributed by atoms with Gasteiger partial charge in [-0.1, -0.05) is 19.1 Å². The molecule has 3 rings (SSSR count). The van der Waals surface area contributed by atoms with Crippen LogP contribution in [0.4, 0.5) is 4.79 Å². The number of carbonyl (C=O) groups excluding carboxylic acids is 1. The van der Waals surface area contributed by atoms with E-state index >= 15 is 0 Å². The summed E-state index contributed by atoms with van der Waals surface area (Å²) < 4.78 is 2.15. The van der Waals surface area contributed by atoms with Crippen LogP contribution in [0.3, 0.4) is 0 Å². The Labute approximate surface area is 149 Å². The van der Waals surface area contributed by atoms with E-state index in [1.54, 1.807) is 0 Å². The molecule has 1 unspecified atom stereocenters. The molecule has 1 aliphatic rings. The molecule has 1 fully saturated rings. The lowest BCUT2D eigenvalue weighted by atomic mass is 10.1. The van der Waals surface area contributed by atoms with Crippen LogP contribution < -0.4 is 10.6 Å². The highest BCUT2D eigenvalue weighted by Gasteiger charge is 2.21. The van der Waals surface area contributed by atoms with Gasteiger partial charge in [-0.15, -0.1) is 0 Å². The molecule has 1 saturated heterocycles. The van der Waals surface area contributed by atoms with Gasteiger partial charge in [-0.2, -0.15) is 0 Å². The predicted octanol–water partition coefficient (Wildman–Crippen LogP) is 2.38. The number of rotatable bonds is 7. The van der Waals surface area contributed by atoms with Gasteiger partial charge in [-0.25, -0.2) is 9.78 Å². The molecule has 2 aromatic rings. The topological polar surface area (TPSA) is 62.2 Å². The van der Waals surface area contributed by atoms with Gasteiger partial charge >= 0.3 is 6.03 Å². The maximum absolute atomic E-state index is 12.0. The summed E-state index contributed by atoms with van der Waals surface area (Å²) in [5.74, 6) is 1.56. The summed E-state index contributed by atoms with van der Waals surface area (Å²) in [5, 5.41) is 5.98. The first-order valence-corrected chi connectivity index (χ1v) is 9.33. The molecule has 6 heteroatoms. The van der Waals surface area contributed by atoms with E-state index in [-0.39, 0.29) is 6.03 Å². The summed E-state index contributed by atoms with van der Waals surface area (Å²) in [4.78, 5) is 19.1. The number of imidazole rings is 1. The number of nitrogens with zero attached hydrogens (tertiary/aromatic N) is 3. The molecule has 1 aromatic carbocycles. The standard InChI is InChI=1S/C19H29N5O/c1-3-10-23-11-8-16(14-23)13-21-19(25)20-9-12-24-15(2)22-17-6-4-5-7-18(17)24/h4-7,16H,3,8-14H2,1-2H3,(H2,20,21,25). The minimum Gasteiger partial charge on any atom is -0.338 e. The lowest BCUT2D eigenvalue weighted by molar-refractivity contribution is 0.238. The van der Waals surface area contributed by atoms with E-state index in [0.717, 1.165) is 43.0 Å². The van der Waals surface area contributed by atoms with E-state index in [9.17, 15) is 4.79 Å². The monoisotopic (exact) mass is 343 g/mol. The van der Waals surface area contributed by atoms with Crippen LogP contribution in [-0.2, 0) is 6.54 Å². The Balaban J connectivity index is 1.40. The molecule has 136 valence electrons. The van der Waals surface area contributed by atoms with E-state index in [2.05, 4.69) is 38.1 Å². The number of nitrogens with one attached hydrogen (secondary N) is 2. The Bertz CT molecular complexity index is 711. The van der Waals surface area contributed by atoms with Crippen LogP contribution in [0.1, 0.15) is 25.6 Å². The first kappa shape index (κ1) is 17.7. The van der Waals surface area contributed by atoms with Crippen LogP contribution in [0, 0.1) is 12.8 Å². The molecule has 2 heterocycles. The maximum atomic E-state index is 12.0. The number of fused-ring (bicyclic) bond motifs is 1. The SMILES string of the molecule is CCCN1CCC(CNC(=O)NCCn2c(C)nc3ccccc32)C1. The van der Waals surface area contributed by atoms with Gasteiger partial charge in [0.25, 0.3) is 0 Å². The molecule has 1 aromatic heterocycles. The predicted molar refractivity (Wildman–Crippen MR) is 101 cm³/mol. The first-order chi connectivity index (χ1) is 12.2. The number of aromatic nitrogens is 2. The van der Waals surface area contributed by atoms with E-state index in [1.165, 1.54) is 19.4 Å². The van der Waals surface area contributed by atoms with Crippen molar-refractivity contribution in [2.75, 3.05) is 32.7 Å². The summed E-state index contributed by atoms with van der Waals surface area (Å²) in [6.07, 6.45) is 2.38. The Morgan fingerprint density at radius 1 is 1.28 bits per heavy atom. The van der Waals surface area contributed by atoms with Crippen molar-refractivity contribution in [1.29, 1.82) is 0 Å². The zero-order valence-corrected chi connectivity index (χ0v) is 15.3. The third kappa shape index (κ3) is 4.51. The van der Waals surface area contributed by atoms with E-state index < -0.39 is 0 Å². The molecule has 2 N–H and O–H groups in total. The molecule has 1 atom stereocenters. The Hall–Kier alpha value is -2.08. The molecule has 0 saturated carbocycles. The van der Waals surface area contributed by atoms with Gasteiger partial charge in [-0.05, 0) is 50.9 Å². The number of carbonyl (C=O) groups is 1. The molecule has 0 aliphatic carbocycles. The second kappa shape index (κ2) is 8.34. The number of para-hydroxylation sites is 2. The number of likely N-dealkylation sites (tertiary alicyclic amines) is 1. The lowest BCUT2D eigenvalue weighted by Crippen LogP contribution is -2.40. The molecule has 1 aliphatic heterocycles. The van der Waals surface area contributed by atoms with Crippen molar-refractivity contribution in [2.45, 2.75) is 33.2 Å². The second-order valence-electron chi connectivity index (χ2n) is 6.89. The summed E-state index contributed by atoms with van der Waals surface area (Å²) in [5.41, 5.74) is 2.12. The van der Waals surface area contributed by atoms with Crippen LogP contribution in [0.25, 0.3) is 11.0 Å². The molecule has 25 heavy (non-hydrogen) atoms. The average Bonchev–Trinajstić information content (AvgIpc) is 3.18. The summed E-state index contributed by atoms with van der Waals surface area (Å²) in [7, 11) is 0. The van der Waals surface area contributed by atoms with Gasteiger partial charge < -0.3 is 20.1 Å². The van der Waals surface area contributed by atoms with E-state index in [1.807, 2.05) is 25.1 Å². The quantitative estimate of drug-likeness (QED) is 0.811. The lowest BCUT2D eigenvalue weighted by Gasteiger charge is -2.15. The first-order valence-electron chi connectivity index (χ1n) is 9.33. The van der Waals surface area contributed by atoms with E-state index in [0.29, 0.717) is 12.5 Å². The van der Waals surface area contributed by atoms with Crippen molar-refractivity contribution < 1.29 is 4.79 Å². The number of hydrogen-bond donors (Lipinski definition) is 2. The van der Waals surface area contributed by atoms with Crippen molar-refractivity contribution >= 4 is 17.1 Å². The molecule has 0 spiro atoms. The minimum absolute atomic E-state index is 0.0731. The van der Waals surface area contributed by atoms with Crippen molar-refractivity contribution in [3.63, 3.8) is 0 Å². The van der Waals surface area contributed by atoms with Crippen LogP contribution in [0.15, 0.2) is 24.3 Å². The molecule has 0 radical (unpaired) electrons. The summed E-state index contributed by atoms with van der Waals surface area (Å²) in [6, 6.07) is 8.02. The number of benzene rings is 1. The average molecular weight is 343 g/mol. The van der Waals surface area contributed by atoms with Gasteiger partial charge in [-0.3, -0.25) is 0 Å². The fourth-order valence-corrected chi connectivity index (χ4v) is 3.66. The molecular weight excluding hydrogens is 314 g/mol. The van der Waals surface area contributed by atoms with Crippen molar-refractivity contribution in [3.8, 4) is 0 Å². The van der Waals surface area contributed by atoms with Crippen LogP contribution in [0.5, 0.6) is 0 Å². The fraction of sp³-hybridized carbons (Fsp3) is 0.579. The largest absolute Gasteiger partial charge is 0.338 e. The molecule has 6 nitrogen and oxygen atoms in total. The number of amides is 2. The van der Waals surface area contributed by atoms with Crippen molar-refractivity contribution in [3.05, 3.63) is 30.1 Å². The number of aryl methyl sites for hydroxylation is 1. The summed E-state index contributed by atoms with van der Waals surface area (Å²) in [6.45, 7) is 9.74. The third-order valence-electron chi connectivity index (χ3n) is 4.93. The Morgan fingerprint density at radius 3 is 2.96 bits per heavy atom. The van der Waals surface area contributed by atoms with Gasteiger partial charge in [0.2, 0.25) is 0 Å². The van der Waals surface area contributed by atoms with E-state index in [4.69, 9.17) is 0 Å². The number of urea groups is 1. The summed E-state index contributed by atoms with van der Waals surface area (Å²) >= 11 is 0. The van der Waals surface area contributed by atoms with Crippen LogP contribution in [-0.4, -0.2) is 53.2 Å². The van der Waals surface area contributed by atoms with Crippen LogP contribution >= 0.6 is 0 Å². The smallest absolute Gasteiger partial charge is 0.314 e. The molecule has 0 bridgehead atoms. The third-order valence-corrected chi connectivity index (χ3v) is 4.93. The second-order valence-corrected chi connectivity index (χ2v) is 6.89. The minimum atomic E-state index is -0.0731. The highest BCUT2D eigenvalue weighted by molar-refractivity contribution is 5.76. The molecule has 2 amide bonds. The Kier molecular flexibility index (Phi) is 5.91. The zero-order valence-electron chi connectivity index (χ0n) is 15.3. The van der Waals surface area contributed by atoms with Gasteiger partial charge in [0.05, 0.1) is 11.0 Å². The Morgan fingerprint density at radius 2 is 2.12 bits per heavy atom. The highest BCUT2D eigenvalue weighted by atomic mass is 16.2. The van der Waals surface area contributed by atoms with Gasteiger partial charge in [0.1, 0.15) is 5.82 Å².